The molecule has 0 aromatic carbocycles. The molecular formula is C26H35ClN4O4S. The zero-order chi connectivity index (χ0) is 25.7. The average Bonchev–Trinajstić information content (AvgIpc) is 3.49. The first-order valence-electron chi connectivity index (χ1n) is 12.8. The molecule has 2 aliphatic carbocycles. The minimum absolute atomic E-state index is 0.0290. The van der Waals surface area contributed by atoms with E-state index in [-0.39, 0.29) is 35.3 Å². The van der Waals surface area contributed by atoms with Crippen molar-refractivity contribution in [3.63, 3.8) is 0 Å². The van der Waals surface area contributed by atoms with Crippen molar-refractivity contribution in [2.75, 3.05) is 0 Å². The van der Waals surface area contributed by atoms with Crippen LogP contribution in [-0.2, 0) is 20.9 Å². The molecule has 0 spiro atoms. The van der Waals surface area contributed by atoms with Crippen LogP contribution >= 0.6 is 22.9 Å². The van der Waals surface area contributed by atoms with E-state index < -0.39 is 6.04 Å². The summed E-state index contributed by atoms with van der Waals surface area (Å²) in [4.78, 5) is 43.2. The molecule has 196 valence electrons. The number of amides is 2. The van der Waals surface area contributed by atoms with Gasteiger partial charge in [-0.3, -0.25) is 19.4 Å². The summed E-state index contributed by atoms with van der Waals surface area (Å²) in [6.45, 7) is 3.93. The third-order valence-electron chi connectivity index (χ3n) is 7.07. The van der Waals surface area contributed by atoms with Crippen molar-refractivity contribution < 1.29 is 19.1 Å². The van der Waals surface area contributed by atoms with Gasteiger partial charge in [-0.1, -0.05) is 25.7 Å². The number of hydrogen-bond donors (Lipinski definition) is 3. The van der Waals surface area contributed by atoms with E-state index in [4.69, 9.17) is 16.3 Å². The molecule has 10 heteroatoms. The standard InChI is InChI=1S/C26H35ClN4O4S/c1-15-22(10-18(27)13-28-15)29-14-21-7-8-24(36-21)26(34)31-23(9-17-5-3-4-6-17)25(33)30-19-11-20(12-19)35-16(2)32/h7-8,13,17-20,23,29H,3-6,9-12,14H2,1-2H3,(H,30,33)(H,31,34). The van der Waals surface area contributed by atoms with Crippen LogP contribution in [0.15, 0.2) is 28.5 Å². The first-order valence-corrected chi connectivity index (χ1v) is 14.0. The molecule has 3 aliphatic rings. The van der Waals surface area contributed by atoms with Crippen LogP contribution in [0.5, 0.6) is 0 Å². The Labute approximate surface area is 221 Å². The first kappa shape index (κ1) is 26.7. The summed E-state index contributed by atoms with van der Waals surface area (Å²) in [6, 6.07) is 3.13. The summed E-state index contributed by atoms with van der Waals surface area (Å²) < 4.78 is 5.18. The third kappa shape index (κ3) is 7.32. The molecule has 2 unspecified atom stereocenters. The molecule has 8 nitrogen and oxygen atoms in total. The van der Waals surface area contributed by atoms with Gasteiger partial charge in [0.2, 0.25) is 5.91 Å². The Bertz CT molecular complexity index is 1030. The van der Waals surface area contributed by atoms with E-state index in [0.29, 0.717) is 43.0 Å². The number of allylic oxidation sites excluding steroid dienone is 2. The van der Waals surface area contributed by atoms with Crippen molar-refractivity contribution in [3.05, 3.63) is 33.3 Å². The molecule has 1 aromatic heterocycles. The minimum atomic E-state index is -0.578. The number of halogens is 1. The number of alkyl halides is 1. The Morgan fingerprint density at radius 2 is 1.97 bits per heavy atom. The van der Waals surface area contributed by atoms with E-state index in [1.807, 2.05) is 19.1 Å². The molecule has 2 fully saturated rings. The molecule has 0 bridgehead atoms. The van der Waals surface area contributed by atoms with Gasteiger partial charge in [0.15, 0.2) is 0 Å². The number of rotatable bonds is 10. The van der Waals surface area contributed by atoms with Gasteiger partial charge in [0, 0.05) is 55.6 Å². The summed E-state index contributed by atoms with van der Waals surface area (Å²) in [5.41, 5.74) is 1.94. The Morgan fingerprint density at radius 3 is 2.69 bits per heavy atom. The van der Waals surface area contributed by atoms with Gasteiger partial charge >= 0.3 is 5.97 Å². The van der Waals surface area contributed by atoms with Crippen LogP contribution in [0.2, 0.25) is 0 Å². The quantitative estimate of drug-likeness (QED) is 0.310. The second-order valence-electron chi connectivity index (χ2n) is 10.0. The van der Waals surface area contributed by atoms with Gasteiger partial charge in [-0.05, 0) is 31.4 Å². The predicted octanol–water partition coefficient (Wildman–Crippen LogP) is 4.04. The minimum Gasteiger partial charge on any atom is -0.462 e. The summed E-state index contributed by atoms with van der Waals surface area (Å²) in [5, 5.41) is 9.32. The summed E-state index contributed by atoms with van der Waals surface area (Å²) in [7, 11) is 0. The number of hydrogen-bond acceptors (Lipinski definition) is 7. The largest absolute Gasteiger partial charge is 0.462 e. The fourth-order valence-electron chi connectivity index (χ4n) is 5.01. The van der Waals surface area contributed by atoms with Gasteiger partial charge in [-0.25, -0.2) is 0 Å². The molecule has 2 heterocycles. The van der Waals surface area contributed by atoms with E-state index >= 15 is 0 Å². The predicted molar refractivity (Wildman–Crippen MR) is 141 cm³/mol. The highest BCUT2D eigenvalue weighted by molar-refractivity contribution is 7.14. The van der Waals surface area contributed by atoms with Gasteiger partial charge in [0.05, 0.1) is 16.0 Å². The monoisotopic (exact) mass is 534 g/mol. The van der Waals surface area contributed by atoms with Crippen LogP contribution in [0.4, 0.5) is 0 Å². The number of thiophene rings is 1. The molecule has 2 atom stereocenters. The van der Waals surface area contributed by atoms with Crippen molar-refractivity contribution in [1.82, 2.24) is 16.0 Å². The summed E-state index contributed by atoms with van der Waals surface area (Å²) in [5.74, 6) is -0.242. The van der Waals surface area contributed by atoms with Crippen molar-refractivity contribution in [2.45, 2.75) is 95.3 Å². The second kappa shape index (κ2) is 12.2. The third-order valence-corrected chi connectivity index (χ3v) is 8.42. The Kier molecular flexibility index (Phi) is 9.06. The average molecular weight is 535 g/mol. The topological polar surface area (TPSA) is 109 Å². The van der Waals surface area contributed by atoms with E-state index in [2.05, 4.69) is 20.9 Å². The number of aliphatic imine (C=N–C) groups is 1. The van der Waals surface area contributed by atoms with Crippen LogP contribution in [0, 0.1) is 5.92 Å². The molecule has 0 radical (unpaired) electrons. The van der Waals surface area contributed by atoms with Gasteiger partial charge in [0.25, 0.3) is 5.91 Å². The van der Waals surface area contributed by atoms with Crippen LogP contribution in [0.3, 0.4) is 0 Å². The Balaban J connectivity index is 1.32. The van der Waals surface area contributed by atoms with E-state index in [9.17, 15) is 14.4 Å². The van der Waals surface area contributed by atoms with Crippen molar-refractivity contribution in [1.29, 1.82) is 0 Å². The maximum absolute atomic E-state index is 13.1. The molecule has 4 rings (SSSR count). The van der Waals surface area contributed by atoms with Gasteiger partial charge in [0.1, 0.15) is 12.1 Å². The summed E-state index contributed by atoms with van der Waals surface area (Å²) in [6.07, 6.45) is 8.72. The van der Waals surface area contributed by atoms with Crippen LogP contribution in [0.1, 0.15) is 79.8 Å². The number of esters is 1. The van der Waals surface area contributed by atoms with Gasteiger partial charge < -0.3 is 20.7 Å². The Hall–Kier alpha value is -2.39. The highest BCUT2D eigenvalue weighted by atomic mass is 35.5. The van der Waals surface area contributed by atoms with E-state index in [0.717, 1.165) is 29.1 Å². The smallest absolute Gasteiger partial charge is 0.302 e. The molecule has 2 saturated carbocycles. The Morgan fingerprint density at radius 1 is 1.22 bits per heavy atom. The van der Waals surface area contributed by atoms with Crippen LogP contribution in [0.25, 0.3) is 0 Å². The number of carbonyl (C=O) groups excluding carboxylic acids is 3. The molecule has 36 heavy (non-hydrogen) atoms. The van der Waals surface area contributed by atoms with Crippen LogP contribution in [-0.4, -0.2) is 47.6 Å². The maximum atomic E-state index is 13.1. The van der Waals surface area contributed by atoms with Gasteiger partial charge in [-0.2, -0.15) is 0 Å². The molecule has 2 amide bonds. The molecule has 1 aromatic rings. The number of carbonyl (C=O) groups is 3. The first-order chi connectivity index (χ1) is 17.3. The van der Waals surface area contributed by atoms with Crippen LogP contribution < -0.4 is 16.0 Å². The fraction of sp³-hybridized carbons (Fsp3) is 0.615. The van der Waals surface area contributed by atoms with Crippen molar-refractivity contribution >= 4 is 46.9 Å². The SMILES string of the molecule is CC(=O)OC1CC(NC(=O)C(CC2CCCC2)NC(=O)c2ccc(CNC3=C(C)N=CC(Cl)C3)s2)C1. The van der Waals surface area contributed by atoms with E-state index in [1.165, 1.54) is 31.1 Å². The summed E-state index contributed by atoms with van der Waals surface area (Å²) >= 11 is 7.60. The zero-order valence-corrected chi connectivity index (χ0v) is 22.4. The lowest BCUT2D eigenvalue weighted by Gasteiger charge is -2.36. The lowest BCUT2D eigenvalue weighted by atomic mass is 9.88. The number of nitrogens with zero attached hydrogens (tertiary/aromatic N) is 1. The maximum Gasteiger partial charge on any atom is 0.302 e. The zero-order valence-electron chi connectivity index (χ0n) is 20.8. The van der Waals surface area contributed by atoms with Crippen molar-refractivity contribution in [2.24, 2.45) is 10.9 Å². The van der Waals surface area contributed by atoms with E-state index in [1.54, 1.807) is 6.21 Å². The normalized spacial score (nSPS) is 24.7. The lowest BCUT2D eigenvalue weighted by molar-refractivity contribution is -0.151. The highest BCUT2D eigenvalue weighted by Crippen LogP contribution is 2.30. The fourth-order valence-corrected chi connectivity index (χ4v) is 6.07. The lowest BCUT2D eigenvalue weighted by Crippen LogP contribution is -2.54. The number of ether oxygens (including phenoxy) is 1. The molecule has 1 aliphatic heterocycles. The van der Waals surface area contributed by atoms with Crippen molar-refractivity contribution in [3.8, 4) is 0 Å². The highest BCUT2D eigenvalue weighted by Gasteiger charge is 2.35. The number of nitrogens with one attached hydrogen (secondary N) is 3. The second-order valence-corrected chi connectivity index (χ2v) is 11.7. The molecule has 3 N–H and O–H groups in total. The molecular weight excluding hydrogens is 500 g/mol. The molecule has 0 saturated heterocycles. The van der Waals surface area contributed by atoms with Gasteiger partial charge in [-0.15, -0.1) is 22.9 Å².